The maximum absolute atomic E-state index is 13.0. The molecule has 3 aromatic heterocycles. The summed E-state index contributed by atoms with van der Waals surface area (Å²) < 4.78 is 3.17. The lowest BCUT2D eigenvalue weighted by molar-refractivity contribution is -0.115. The van der Waals surface area contributed by atoms with E-state index in [9.17, 15) is 14.7 Å². The SMILES string of the molecule is CCn1c(=O)c2cnc(Nc3ccc4c(c3)NC(=O)C4)nc2n1-c1cccc(C(C)(C)O)n1. The highest BCUT2D eigenvalue weighted by Crippen LogP contribution is 2.28. The second-order valence-electron chi connectivity index (χ2n) is 8.43. The fourth-order valence-electron chi connectivity index (χ4n) is 3.91. The Labute approximate surface area is 188 Å². The zero-order valence-electron chi connectivity index (χ0n) is 18.5. The summed E-state index contributed by atoms with van der Waals surface area (Å²) in [4.78, 5) is 38.1. The zero-order valence-corrected chi connectivity index (χ0v) is 18.5. The number of aromatic nitrogens is 5. The molecule has 0 spiro atoms. The first-order chi connectivity index (χ1) is 15.7. The summed E-state index contributed by atoms with van der Waals surface area (Å²) in [6.07, 6.45) is 1.86. The smallest absolute Gasteiger partial charge is 0.278 e. The minimum Gasteiger partial charge on any atom is -0.384 e. The van der Waals surface area contributed by atoms with Crippen LogP contribution in [0.1, 0.15) is 32.0 Å². The Kier molecular flexibility index (Phi) is 4.75. The Morgan fingerprint density at radius 2 is 2.00 bits per heavy atom. The van der Waals surface area contributed by atoms with Crippen LogP contribution in [-0.4, -0.2) is 35.3 Å². The van der Waals surface area contributed by atoms with Crippen molar-refractivity contribution < 1.29 is 9.90 Å². The van der Waals surface area contributed by atoms with E-state index in [-0.39, 0.29) is 11.5 Å². The molecule has 1 amide bonds. The molecule has 0 aliphatic carbocycles. The molecule has 1 aromatic carbocycles. The number of carbonyl (C=O) groups excluding carboxylic acids is 1. The summed E-state index contributed by atoms with van der Waals surface area (Å²) in [5, 5.41) is 16.7. The average molecular weight is 445 g/mol. The van der Waals surface area contributed by atoms with Gasteiger partial charge < -0.3 is 15.7 Å². The lowest BCUT2D eigenvalue weighted by atomic mass is 10.1. The van der Waals surface area contributed by atoms with Gasteiger partial charge in [-0.3, -0.25) is 9.59 Å². The quantitative estimate of drug-likeness (QED) is 0.431. The number of nitrogens with zero attached hydrogens (tertiary/aromatic N) is 5. The van der Waals surface area contributed by atoms with Crippen molar-refractivity contribution in [2.45, 2.75) is 39.3 Å². The Morgan fingerprint density at radius 3 is 2.76 bits per heavy atom. The van der Waals surface area contributed by atoms with E-state index < -0.39 is 5.60 Å². The fourth-order valence-corrected chi connectivity index (χ4v) is 3.91. The third kappa shape index (κ3) is 3.64. The van der Waals surface area contributed by atoms with Gasteiger partial charge in [-0.1, -0.05) is 12.1 Å². The Balaban J connectivity index is 1.61. The number of amides is 1. The summed E-state index contributed by atoms with van der Waals surface area (Å²) in [5.41, 5.74) is 1.91. The number of hydrogen-bond donors (Lipinski definition) is 3. The van der Waals surface area contributed by atoms with Crippen LogP contribution in [0.15, 0.2) is 47.4 Å². The molecular formula is C23H23N7O3. The third-order valence-electron chi connectivity index (χ3n) is 5.54. The highest BCUT2D eigenvalue weighted by Gasteiger charge is 2.22. The summed E-state index contributed by atoms with van der Waals surface area (Å²) in [5.74, 6) is 0.728. The van der Waals surface area contributed by atoms with Crippen LogP contribution in [0.4, 0.5) is 17.3 Å². The molecule has 10 heteroatoms. The van der Waals surface area contributed by atoms with Crippen LogP contribution in [0, 0.1) is 0 Å². The van der Waals surface area contributed by atoms with Gasteiger partial charge in [0.05, 0.1) is 12.1 Å². The molecule has 1 aliphatic heterocycles. The van der Waals surface area contributed by atoms with E-state index in [2.05, 4.69) is 25.6 Å². The van der Waals surface area contributed by atoms with E-state index in [1.807, 2.05) is 25.1 Å². The van der Waals surface area contributed by atoms with Gasteiger partial charge in [-0.15, -0.1) is 0 Å². The van der Waals surface area contributed by atoms with Crippen LogP contribution in [-0.2, 0) is 23.4 Å². The van der Waals surface area contributed by atoms with Crippen LogP contribution in [0.2, 0.25) is 0 Å². The monoisotopic (exact) mass is 445 g/mol. The molecule has 5 rings (SSSR count). The predicted molar refractivity (Wildman–Crippen MR) is 124 cm³/mol. The molecule has 0 radical (unpaired) electrons. The van der Waals surface area contributed by atoms with E-state index in [1.54, 1.807) is 36.7 Å². The first kappa shape index (κ1) is 20.8. The van der Waals surface area contributed by atoms with Crippen LogP contribution in [0.25, 0.3) is 16.9 Å². The van der Waals surface area contributed by atoms with Gasteiger partial charge in [0.15, 0.2) is 11.5 Å². The van der Waals surface area contributed by atoms with Crippen molar-refractivity contribution in [1.82, 2.24) is 24.3 Å². The van der Waals surface area contributed by atoms with Crippen molar-refractivity contribution in [3.05, 3.63) is 64.2 Å². The van der Waals surface area contributed by atoms with Crippen LogP contribution >= 0.6 is 0 Å². The second-order valence-corrected chi connectivity index (χ2v) is 8.43. The van der Waals surface area contributed by atoms with Crippen molar-refractivity contribution in [2.24, 2.45) is 0 Å². The number of benzene rings is 1. The molecule has 4 heterocycles. The highest BCUT2D eigenvalue weighted by atomic mass is 16.3. The first-order valence-corrected chi connectivity index (χ1v) is 10.6. The molecule has 0 saturated heterocycles. The molecule has 4 aromatic rings. The van der Waals surface area contributed by atoms with E-state index in [0.717, 1.165) is 11.3 Å². The molecule has 0 unspecified atom stereocenters. The van der Waals surface area contributed by atoms with Crippen LogP contribution in [0.3, 0.4) is 0 Å². The number of aliphatic hydroxyl groups is 1. The lowest BCUT2D eigenvalue weighted by Gasteiger charge is -2.18. The Hall–Kier alpha value is -4.05. The third-order valence-corrected chi connectivity index (χ3v) is 5.54. The molecular weight excluding hydrogens is 422 g/mol. The highest BCUT2D eigenvalue weighted by molar-refractivity contribution is 5.99. The van der Waals surface area contributed by atoms with Gasteiger partial charge in [0.25, 0.3) is 5.56 Å². The molecule has 10 nitrogen and oxygen atoms in total. The van der Waals surface area contributed by atoms with Gasteiger partial charge in [-0.2, -0.15) is 4.98 Å². The predicted octanol–water partition coefficient (Wildman–Crippen LogP) is 2.46. The maximum atomic E-state index is 13.0. The van der Waals surface area contributed by atoms with E-state index >= 15 is 0 Å². The minimum atomic E-state index is -1.14. The molecule has 0 bridgehead atoms. The molecule has 33 heavy (non-hydrogen) atoms. The van der Waals surface area contributed by atoms with Crippen molar-refractivity contribution in [2.75, 3.05) is 10.6 Å². The fraction of sp³-hybridized carbons (Fsp3) is 0.261. The minimum absolute atomic E-state index is 0.0365. The number of anilines is 3. The summed E-state index contributed by atoms with van der Waals surface area (Å²) in [6, 6.07) is 10.8. The van der Waals surface area contributed by atoms with Crippen LogP contribution < -0.4 is 16.2 Å². The second kappa shape index (κ2) is 7.52. The Bertz CT molecular complexity index is 1460. The number of nitrogens with one attached hydrogen (secondary N) is 2. The molecule has 0 fully saturated rings. The van der Waals surface area contributed by atoms with Crippen molar-refractivity contribution in [3.8, 4) is 5.82 Å². The standard InChI is InChI=1S/C23H23N7O3/c1-4-29-21(32)15-12-24-22(25-14-9-8-13-10-19(31)26-16(13)11-14)28-20(15)30(29)18-7-5-6-17(27-18)23(2,3)33/h5-9,11-12,33H,4,10H2,1-3H3,(H,26,31)(H,24,25,28). The largest absolute Gasteiger partial charge is 0.384 e. The topological polar surface area (TPSA) is 127 Å². The lowest BCUT2D eigenvalue weighted by Crippen LogP contribution is -2.23. The molecule has 0 saturated carbocycles. The van der Waals surface area contributed by atoms with Gasteiger partial charge in [0, 0.05) is 24.1 Å². The molecule has 0 atom stereocenters. The van der Waals surface area contributed by atoms with Crippen molar-refractivity contribution in [1.29, 1.82) is 0 Å². The average Bonchev–Trinajstić information content (AvgIpc) is 3.28. The number of fused-ring (bicyclic) bond motifs is 2. The van der Waals surface area contributed by atoms with E-state index in [4.69, 9.17) is 0 Å². The van der Waals surface area contributed by atoms with E-state index in [1.165, 1.54) is 10.9 Å². The van der Waals surface area contributed by atoms with Gasteiger partial charge in [0.2, 0.25) is 11.9 Å². The van der Waals surface area contributed by atoms with Crippen molar-refractivity contribution >= 4 is 34.3 Å². The maximum Gasteiger partial charge on any atom is 0.278 e. The summed E-state index contributed by atoms with van der Waals surface area (Å²) in [7, 11) is 0. The molecule has 168 valence electrons. The molecule has 1 aliphatic rings. The number of pyridine rings is 1. The van der Waals surface area contributed by atoms with Crippen LogP contribution in [0.5, 0.6) is 0 Å². The Morgan fingerprint density at radius 1 is 1.18 bits per heavy atom. The van der Waals surface area contributed by atoms with Crippen molar-refractivity contribution in [3.63, 3.8) is 0 Å². The summed E-state index contributed by atoms with van der Waals surface area (Å²) in [6.45, 7) is 5.57. The normalized spacial score (nSPS) is 13.3. The zero-order chi connectivity index (χ0) is 23.3. The number of hydrogen-bond acceptors (Lipinski definition) is 7. The van der Waals surface area contributed by atoms with Gasteiger partial charge in [-0.05, 0) is 50.6 Å². The van der Waals surface area contributed by atoms with E-state index in [0.29, 0.717) is 47.1 Å². The molecule has 3 N–H and O–H groups in total. The van der Waals surface area contributed by atoms with Gasteiger partial charge >= 0.3 is 0 Å². The summed E-state index contributed by atoms with van der Waals surface area (Å²) >= 11 is 0. The van der Waals surface area contributed by atoms with Gasteiger partial charge in [0.1, 0.15) is 11.0 Å². The first-order valence-electron chi connectivity index (χ1n) is 10.6. The number of carbonyl (C=O) groups is 1. The number of rotatable bonds is 5. The van der Waals surface area contributed by atoms with Gasteiger partial charge in [-0.25, -0.2) is 19.3 Å².